The highest BCUT2D eigenvalue weighted by Crippen LogP contribution is 2.29. The topological polar surface area (TPSA) is 81.9 Å². The molecule has 29 heavy (non-hydrogen) atoms. The van der Waals surface area contributed by atoms with Crippen LogP contribution in [-0.2, 0) is 4.79 Å². The minimum absolute atomic E-state index is 0.00332. The van der Waals surface area contributed by atoms with Crippen LogP contribution in [-0.4, -0.2) is 36.0 Å². The number of nitrogens with zero attached hydrogens (tertiary/aromatic N) is 2. The molecule has 0 saturated carbocycles. The van der Waals surface area contributed by atoms with Crippen LogP contribution < -0.4 is 9.47 Å². The Morgan fingerprint density at radius 1 is 1.14 bits per heavy atom. The van der Waals surface area contributed by atoms with E-state index in [4.69, 9.17) is 9.47 Å². The summed E-state index contributed by atoms with van der Waals surface area (Å²) in [6, 6.07) is 11.5. The van der Waals surface area contributed by atoms with E-state index in [-0.39, 0.29) is 17.6 Å². The Morgan fingerprint density at radius 3 is 2.48 bits per heavy atom. The molecule has 1 amide bonds. The number of rotatable bonds is 9. The second-order valence-electron chi connectivity index (χ2n) is 6.38. The summed E-state index contributed by atoms with van der Waals surface area (Å²) in [6.45, 7) is 6.67. The number of nitro benzene ring substituents is 1. The molecule has 0 aliphatic carbocycles. The molecule has 0 unspecified atom stereocenters. The number of benzene rings is 2. The van der Waals surface area contributed by atoms with Crippen molar-refractivity contribution < 1.29 is 19.2 Å². The number of hydrogen-bond donors (Lipinski definition) is 0. The average molecular weight is 398 g/mol. The predicted octanol–water partition coefficient (Wildman–Crippen LogP) is 4.63. The molecule has 0 N–H and O–H groups in total. The summed E-state index contributed by atoms with van der Waals surface area (Å²) in [5.41, 5.74) is 1.51. The van der Waals surface area contributed by atoms with Gasteiger partial charge in [-0.3, -0.25) is 14.9 Å². The number of carbonyl (C=O) groups is 1. The third-order valence-corrected chi connectivity index (χ3v) is 4.48. The van der Waals surface area contributed by atoms with E-state index in [1.807, 2.05) is 39.0 Å². The minimum atomic E-state index is -0.445. The van der Waals surface area contributed by atoms with Crippen LogP contribution in [0.25, 0.3) is 6.08 Å². The third kappa shape index (κ3) is 5.81. The van der Waals surface area contributed by atoms with E-state index in [1.54, 1.807) is 25.3 Å². The largest absolute Gasteiger partial charge is 0.490 e. The van der Waals surface area contributed by atoms with E-state index in [1.165, 1.54) is 23.1 Å². The van der Waals surface area contributed by atoms with Crippen molar-refractivity contribution in [3.05, 3.63) is 69.8 Å². The molecular weight excluding hydrogens is 372 g/mol. The zero-order valence-corrected chi connectivity index (χ0v) is 17.1. The number of non-ortho nitro benzene ring substituents is 1. The molecule has 0 fully saturated rings. The molecule has 0 spiro atoms. The summed E-state index contributed by atoms with van der Waals surface area (Å²) in [5.74, 6) is 1.08. The van der Waals surface area contributed by atoms with Crippen LogP contribution in [0.1, 0.15) is 37.9 Å². The van der Waals surface area contributed by atoms with Crippen molar-refractivity contribution in [2.75, 3.05) is 20.3 Å². The highest BCUT2D eigenvalue weighted by molar-refractivity contribution is 5.92. The zero-order valence-electron chi connectivity index (χ0n) is 17.1. The van der Waals surface area contributed by atoms with Crippen molar-refractivity contribution in [2.45, 2.75) is 26.8 Å². The Kier molecular flexibility index (Phi) is 7.77. The molecule has 7 nitrogen and oxygen atoms in total. The lowest BCUT2D eigenvalue weighted by molar-refractivity contribution is -0.384. The highest BCUT2D eigenvalue weighted by atomic mass is 16.6. The maximum atomic E-state index is 12.6. The van der Waals surface area contributed by atoms with Gasteiger partial charge in [-0.2, -0.15) is 0 Å². The lowest BCUT2D eigenvalue weighted by Crippen LogP contribution is -2.28. The Hall–Kier alpha value is -3.35. The van der Waals surface area contributed by atoms with Gasteiger partial charge in [0.15, 0.2) is 11.5 Å². The quantitative estimate of drug-likeness (QED) is 0.350. The van der Waals surface area contributed by atoms with E-state index in [2.05, 4.69) is 0 Å². The Balaban J connectivity index is 2.14. The molecule has 0 radical (unpaired) electrons. The number of hydrogen-bond acceptors (Lipinski definition) is 5. The first-order valence-electron chi connectivity index (χ1n) is 9.46. The normalized spacial score (nSPS) is 11.9. The fraction of sp³-hybridized carbons (Fsp3) is 0.318. The SMILES string of the molecule is CCOc1ccc(/C=C/C(=O)N(C)[C@@H](C)c2cccc([N+](=O)[O-])c2)cc1OCC. The van der Waals surface area contributed by atoms with Crippen molar-refractivity contribution in [3.63, 3.8) is 0 Å². The Labute approximate surface area is 170 Å². The van der Waals surface area contributed by atoms with Gasteiger partial charge in [0.2, 0.25) is 5.91 Å². The van der Waals surface area contributed by atoms with Crippen LogP contribution in [0.4, 0.5) is 5.69 Å². The predicted molar refractivity (Wildman–Crippen MR) is 112 cm³/mol. The van der Waals surface area contributed by atoms with Gasteiger partial charge in [0, 0.05) is 25.3 Å². The highest BCUT2D eigenvalue weighted by Gasteiger charge is 2.17. The van der Waals surface area contributed by atoms with Gasteiger partial charge in [-0.15, -0.1) is 0 Å². The monoisotopic (exact) mass is 398 g/mol. The van der Waals surface area contributed by atoms with Gasteiger partial charge >= 0.3 is 0 Å². The lowest BCUT2D eigenvalue weighted by atomic mass is 10.1. The molecule has 2 rings (SSSR count). The first-order chi connectivity index (χ1) is 13.9. The molecular formula is C22H26N2O5. The van der Waals surface area contributed by atoms with Crippen molar-refractivity contribution in [2.24, 2.45) is 0 Å². The van der Waals surface area contributed by atoms with Crippen LogP contribution in [0.2, 0.25) is 0 Å². The fourth-order valence-corrected chi connectivity index (χ4v) is 2.77. The first-order valence-corrected chi connectivity index (χ1v) is 9.46. The van der Waals surface area contributed by atoms with E-state index in [0.29, 0.717) is 30.3 Å². The Morgan fingerprint density at radius 2 is 1.83 bits per heavy atom. The van der Waals surface area contributed by atoms with E-state index in [0.717, 1.165) is 5.56 Å². The van der Waals surface area contributed by atoms with Gasteiger partial charge in [-0.25, -0.2) is 0 Å². The van der Waals surface area contributed by atoms with Crippen molar-refractivity contribution >= 4 is 17.7 Å². The molecule has 2 aromatic rings. The summed E-state index contributed by atoms with van der Waals surface area (Å²) >= 11 is 0. The van der Waals surface area contributed by atoms with Gasteiger partial charge in [-0.05, 0) is 50.1 Å². The van der Waals surface area contributed by atoms with Gasteiger partial charge in [0.1, 0.15) is 0 Å². The smallest absolute Gasteiger partial charge is 0.269 e. The second kappa shape index (κ2) is 10.3. The van der Waals surface area contributed by atoms with Crippen LogP contribution in [0.3, 0.4) is 0 Å². The number of nitro groups is 1. The van der Waals surface area contributed by atoms with Crippen molar-refractivity contribution in [1.82, 2.24) is 4.90 Å². The van der Waals surface area contributed by atoms with Crippen molar-refractivity contribution in [1.29, 1.82) is 0 Å². The molecule has 0 saturated heterocycles. The molecule has 154 valence electrons. The molecule has 0 aromatic heterocycles. The van der Waals surface area contributed by atoms with Crippen LogP contribution >= 0.6 is 0 Å². The molecule has 1 atom stereocenters. The number of carbonyl (C=O) groups excluding carboxylic acids is 1. The summed E-state index contributed by atoms with van der Waals surface area (Å²) in [4.78, 5) is 24.6. The summed E-state index contributed by atoms with van der Waals surface area (Å²) in [7, 11) is 1.67. The second-order valence-corrected chi connectivity index (χ2v) is 6.38. The average Bonchev–Trinajstić information content (AvgIpc) is 2.72. The van der Waals surface area contributed by atoms with Crippen LogP contribution in [0, 0.1) is 10.1 Å². The molecule has 0 aliphatic heterocycles. The zero-order chi connectivity index (χ0) is 21.4. The number of amides is 1. The maximum Gasteiger partial charge on any atom is 0.269 e. The fourth-order valence-electron chi connectivity index (χ4n) is 2.77. The molecule has 0 heterocycles. The lowest BCUT2D eigenvalue weighted by Gasteiger charge is -2.24. The molecule has 0 aliphatic rings. The molecule has 7 heteroatoms. The van der Waals surface area contributed by atoms with Gasteiger partial charge in [-0.1, -0.05) is 18.2 Å². The Bertz CT molecular complexity index is 895. The summed E-state index contributed by atoms with van der Waals surface area (Å²) < 4.78 is 11.1. The number of ether oxygens (including phenoxy) is 2. The van der Waals surface area contributed by atoms with Crippen LogP contribution in [0.15, 0.2) is 48.5 Å². The van der Waals surface area contributed by atoms with Gasteiger partial charge in [0.25, 0.3) is 5.69 Å². The third-order valence-electron chi connectivity index (χ3n) is 4.48. The van der Waals surface area contributed by atoms with E-state index < -0.39 is 4.92 Å². The van der Waals surface area contributed by atoms with Crippen LogP contribution in [0.5, 0.6) is 11.5 Å². The van der Waals surface area contributed by atoms with Crippen molar-refractivity contribution in [3.8, 4) is 11.5 Å². The summed E-state index contributed by atoms with van der Waals surface area (Å²) in [5, 5.41) is 11.0. The standard InChI is InChI=1S/C22H26N2O5/c1-5-28-20-12-10-17(14-21(20)29-6-2)11-13-22(25)23(4)16(3)18-8-7-9-19(15-18)24(26)27/h7-16H,5-6H2,1-4H3/b13-11+/t16-/m0/s1. The minimum Gasteiger partial charge on any atom is -0.490 e. The summed E-state index contributed by atoms with van der Waals surface area (Å²) in [6.07, 6.45) is 3.18. The number of likely N-dealkylation sites (N-methyl/N-ethyl adjacent to an activating group) is 1. The molecule has 2 aromatic carbocycles. The molecule has 0 bridgehead atoms. The van der Waals surface area contributed by atoms with Gasteiger partial charge in [0.05, 0.1) is 24.2 Å². The maximum absolute atomic E-state index is 12.6. The van der Waals surface area contributed by atoms with E-state index >= 15 is 0 Å². The van der Waals surface area contributed by atoms with E-state index in [9.17, 15) is 14.9 Å². The first kappa shape index (κ1) is 21.9. The van der Waals surface area contributed by atoms with Gasteiger partial charge < -0.3 is 14.4 Å².